The number of nitrogens with zero attached hydrogens (tertiary/aromatic N) is 1. The molecule has 1 aromatic heterocycles. The van der Waals surface area contributed by atoms with Crippen molar-refractivity contribution >= 4 is 17.2 Å². The van der Waals surface area contributed by atoms with Crippen molar-refractivity contribution < 1.29 is 4.79 Å². The van der Waals surface area contributed by atoms with Gasteiger partial charge in [-0.15, -0.1) is 11.3 Å². The third-order valence-electron chi connectivity index (χ3n) is 4.17. The van der Waals surface area contributed by atoms with Crippen molar-refractivity contribution in [3.63, 3.8) is 0 Å². The van der Waals surface area contributed by atoms with E-state index < -0.39 is 0 Å². The van der Waals surface area contributed by atoms with E-state index in [1.165, 1.54) is 11.1 Å². The molecule has 0 aliphatic rings. The molecule has 1 N–H and O–H groups in total. The molecule has 128 valence electrons. The zero-order chi connectivity index (χ0) is 17.5. The summed E-state index contributed by atoms with van der Waals surface area (Å²) in [6.45, 7) is 2.60. The number of nitrogens with one attached hydrogen (secondary N) is 1. The van der Waals surface area contributed by atoms with Gasteiger partial charge in [0.15, 0.2) is 0 Å². The maximum Gasteiger partial charge on any atom is 0.226 e. The number of rotatable bonds is 7. The molecule has 1 heterocycles. The van der Waals surface area contributed by atoms with Crippen molar-refractivity contribution in [2.75, 3.05) is 6.54 Å². The molecule has 2 aromatic carbocycles. The van der Waals surface area contributed by atoms with Crippen LogP contribution in [-0.2, 0) is 11.2 Å². The molecule has 0 bridgehead atoms. The number of benzene rings is 2. The van der Waals surface area contributed by atoms with Gasteiger partial charge < -0.3 is 5.32 Å². The lowest BCUT2D eigenvalue weighted by molar-refractivity contribution is -0.120. The molecular weight excluding hydrogens is 328 g/mol. The van der Waals surface area contributed by atoms with Crippen molar-refractivity contribution in [2.24, 2.45) is 0 Å². The first kappa shape index (κ1) is 17.4. The number of aromatic nitrogens is 1. The lowest BCUT2D eigenvalue weighted by Gasteiger charge is -2.18. The molecule has 3 rings (SSSR count). The van der Waals surface area contributed by atoms with E-state index >= 15 is 0 Å². The van der Waals surface area contributed by atoms with Crippen LogP contribution in [0.25, 0.3) is 0 Å². The van der Waals surface area contributed by atoms with Gasteiger partial charge in [0.1, 0.15) is 0 Å². The van der Waals surface area contributed by atoms with Crippen molar-refractivity contribution in [3.8, 4) is 0 Å². The van der Waals surface area contributed by atoms with Crippen LogP contribution in [0.15, 0.2) is 66.0 Å². The van der Waals surface area contributed by atoms with Crippen LogP contribution in [0.2, 0.25) is 0 Å². The number of amides is 1. The lowest BCUT2D eigenvalue weighted by atomic mass is 9.88. The maximum absolute atomic E-state index is 12.1. The molecule has 0 radical (unpaired) electrons. The fourth-order valence-electron chi connectivity index (χ4n) is 2.97. The van der Waals surface area contributed by atoms with Crippen LogP contribution in [0.5, 0.6) is 0 Å². The average molecular weight is 350 g/mol. The Morgan fingerprint density at radius 3 is 2.16 bits per heavy atom. The Hall–Kier alpha value is -2.46. The Bertz CT molecular complexity index is 760. The van der Waals surface area contributed by atoms with Crippen LogP contribution in [-0.4, -0.2) is 17.4 Å². The average Bonchev–Trinajstić information content (AvgIpc) is 3.05. The Balaban J connectivity index is 1.60. The molecule has 0 aliphatic heterocycles. The lowest BCUT2D eigenvalue weighted by Crippen LogP contribution is -2.27. The summed E-state index contributed by atoms with van der Waals surface area (Å²) in [5.74, 6) is 0.314. The smallest absolute Gasteiger partial charge is 0.226 e. The minimum atomic E-state index is 0.0326. The van der Waals surface area contributed by atoms with Crippen molar-refractivity contribution in [2.45, 2.75) is 25.7 Å². The highest BCUT2D eigenvalue weighted by Crippen LogP contribution is 2.27. The molecule has 0 aliphatic carbocycles. The predicted octanol–water partition coefficient (Wildman–Crippen LogP) is 4.33. The van der Waals surface area contributed by atoms with Crippen LogP contribution < -0.4 is 5.32 Å². The highest BCUT2D eigenvalue weighted by atomic mass is 32.1. The molecule has 0 fully saturated rings. The summed E-state index contributed by atoms with van der Waals surface area (Å²) >= 11 is 1.58. The SMILES string of the molecule is Cc1nc(CC(=O)NCCC(c2ccccc2)c2ccccc2)cs1. The quantitative estimate of drug-likeness (QED) is 0.689. The Kier molecular flexibility index (Phi) is 5.96. The molecule has 0 saturated carbocycles. The second kappa shape index (κ2) is 8.58. The standard InChI is InChI=1S/C21H22N2OS/c1-16-23-19(15-25-16)14-21(24)22-13-12-20(17-8-4-2-5-9-17)18-10-6-3-7-11-18/h2-11,15,20H,12-14H2,1H3,(H,22,24). The monoisotopic (exact) mass is 350 g/mol. The van der Waals surface area contributed by atoms with E-state index in [4.69, 9.17) is 0 Å². The summed E-state index contributed by atoms with van der Waals surface area (Å²) in [7, 11) is 0. The second-order valence-electron chi connectivity index (χ2n) is 6.05. The summed E-state index contributed by atoms with van der Waals surface area (Å²) < 4.78 is 0. The second-order valence-corrected chi connectivity index (χ2v) is 7.11. The van der Waals surface area contributed by atoms with E-state index in [2.05, 4.69) is 58.8 Å². The molecule has 25 heavy (non-hydrogen) atoms. The van der Waals surface area contributed by atoms with Gasteiger partial charge in [-0.3, -0.25) is 4.79 Å². The van der Waals surface area contributed by atoms with Crippen LogP contribution >= 0.6 is 11.3 Å². The molecular formula is C21H22N2OS. The van der Waals surface area contributed by atoms with Gasteiger partial charge in [0, 0.05) is 17.8 Å². The number of thiazole rings is 1. The highest BCUT2D eigenvalue weighted by molar-refractivity contribution is 7.09. The summed E-state index contributed by atoms with van der Waals surface area (Å²) in [6.07, 6.45) is 1.22. The molecule has 3 aromatic rings. The van der Waals surface area contributed by atoms with E-state index in [1.54, 1.807) is 11.3 Å². The molecule has 0 atom stereocenters. The van der Waals surface area contributed by atoms with Gasteiger partial charge in [0.25, 0.3) is 0 Å². The van der Waals surface area contributed by atoms with Gasteiger partial charge in [-0.2, -0.15) is 0 Å². The number of aryl methyl sites for hydroxylation is 1. The zero-order valence-electron chi connectivity index (χ0n) is 14.3. The van der Waals surface area contributed by atoms with Gasteiger partial charge in [-0.1, -0.05) is 60.7 Å². The summed E-state index contributed by atoms with van der Waals surface area (Å²) in [4.78, 5) is 16.5. The molecule has 4 heteroatoms. The highest BCUT2D eigenvalue weighted by Gasteiger charge is 2.14. The number of carbonyl (C=O) groups is 1. The maximum atomic E-state index is 12.1. The summed E-state index contributed by atoms with van der Waals surface area (Å²) in [5.41, 5.74) is 3.40. The largest absolute Gasteiger partial charge is 0.356 e. The van der Waals surface area contributed by atoms with E-state index in [1.807, 2.05) is 24.4 Å². The fraction of sp³-hybridized carbons (Fsp3) is 0.238. The van der Waals surface area contributed by atoms with Gasteiger partial charge >= 0.3 is 0 Å². The van der Waals surface area contributed by atoms with Crippen molar-refractivity contribution in [1.82, 2.24) is 10.3 Å². The molecule has 3 nitrogen and oxygen atoms in total. The fourth-order valence-corrected chi connectivity index (χ4v) is 3.58. The zero-order valence-corrected chi connectivity index (χ0v) is 15.1. The Labute approximate surface area is 152 Å². The van der Waals surface area contributed by atoms with Crippen LogP contribution in [0, 0.1) is 6.92 Å². The van der Waals surface area contributed by atoms with Crippen molar-refractivity contribution in [3.05, 3.63) is 87.9 Å². The number of hydrogen-bond donors (Lipinski definition) is 1. The van der Waals surface area contributed by atoms with Gasteiger partial charge in [0.05, 0.1) is 17.1 Å². The number of carbonyl (C=O) groups excluding carboxylic acids is 1. The third kappa shape index (κ3) is 5.00. The van der Waals surface area contributed by atoms with Gasteiger partial charge in [-0.05, 0) is 24.5 Å². The topological polar surface area (TPSA) is 42.0 Å². The minimum absolute atomic E-state index is 0.0326. The molecule has 0 unspecified atom stereocenters. The van der Waals surface area contributed by atoms with Crippen LogP contribution in [0.1, 0.15) is 34.2 Å². The van der Waals surface area contributed by atoms with Crippen molar-refractivity contribution in [1.29, 1.82) is 0 Å². The summed E-state index contributed by atoms with van der Waals surface area (Å²) in [6, 6.07) is 20.9. The summed E-state index contributed by atoms with van der Waals surface area (Å²) in [5, 5.41) is 5.98. The van der Waals surface area contributed by atoms with Gasteiger partial charge in [0.2, 0.25) is 5.91 Å². The first-order valence-electron chi connectivity index (χ1n) is 8.50. The predicted molar refractivity (Wildman–Crippen MR) is 103 cm³/mol. The Morgan fingerprint density at radius 2 is 1.64 bits per heavy atom. The first-order valence-corrected chi connectivity index (χ1v) is 9.38. The number of hydrogen-bond acceptors (Lipinski definition) is 3. The van der Waals surface area contributed by atoms with Gasteiger partial charge in [-0.25, -0.2) is 4.98 Å². The first-order chi connectivity index (χ1) is 12.2. The minimum Gasteiger partial charge on any atom is -0.356 e. The van der Waals surface area contributed by atoms with E-state index in [0.29, 0.717) is 13.0 Å². The molecule has 1 amide bonds. The normalized spacial score (nSPS) is 10.8. The molecule has 0 saturated heterocycles. The van der Waals surface area contributed by atoms with Crippen LogP contribution in [0.4, 0.5) is 0 Å². The van der Waals surface area contributed by atoms with E-state index in [0.717, 1.165) is 17.1 Å². The van der Waals surface area contributed by atoms with Crippen LogP contribution in [0.3, 0.4) is 0 Å². The van der Waals surface area contributed by atoms with E-state index in [-0.39, 0.29) is 11.8 Å². The third-order valence-corrected chi connectivity index (χ3v) is 4.99. The Morgan fingerprint density at radius 1 is 1.04 bits per heavy atom. The molecule has 0 spiro atoms. The van der Waals surface area contributed by atoms with E-state index in [9.17, 15) is 4.79 Å².